The predicted octanol–water partition coefficient (Wildman–Crippen LogP) is 2.08. The van der Waals surface area contributed by atoms with Crippen LogP contribution >= 0.6 is 0 Å². The van der Waals surface area contributed by atoms with Crippen molar-refractivity contribution in [2.45, 2.75) is 40.7 Å². The number of nitrogens with one attached hydrogen (secondary N) is 3. The van der Waals surface area contributed by atoms with Gasteiger partial charge in [-0.1, -0.05) is 39.8 Å². The first-order valence-corrected chi connectivity index (χ1v) is 8.20. The fraction of sp³-hybridized carbons (Fsp3) is 0.556. The van der Waals surface area contributed by atoms with Crippen LogP contribution in [0.4, 0.5) is 0 Å². The van der Waals surface area contributed by atoms with Gasteiger partial charge in [0.25, 0.3) is 5.91 Å². The highest BCUT2D eigenvalue weighted by molar-refractivity contribution is 5.94. The summed E-state index contributed by atoms with van der Waals surface area (Å²) < 4.78 is 0. The second kappa shape index (κ2) is 9.30. The molecule has 0 saturated carbocycles. The molecule has 0 aliphatic carbocycles. The molecular formula is C18H29N3O2. The Bertz CT molecular complexity index is 504. The molecule has 0 unspecified atom stereocenters. The van der Waals surface area contributed by atoms with Crippen LogP contribution in [-0.4, -0.2) is 31.4 Å². The van der Waals surface area contributed by atoms with E-state index in [1.165, 1.54) is 0 Å². The first kappa shape index (κ1) is 19.2. The molecule has 0 heterocycles. The lowest BCUT2D eigenvalue weighted by atomic mass is 9.95. The number of benzene rings is 1. The lowest BCUT2D eigenvalue weighted by Crippen LogP contribution is -2.34. The minimum Gasteiger partial charge on any atom is -0.352 e. The smallest absolute Gasteiger partial charge is 0.251 e. The van der Waals surface area contributed by atoms with E-state index in [4.69, 9.17) is 0 Å². The molecule has 0 bridgehead atoms. The molecule has 0 radical (unpaired) electrons. The van der Waals surface area contributed by atoms with E-state index in [-0.39, 0.29) is 11.8 Å². The number of carbonyl (C=O) groups is 2. The van der Waals surface area contributed by atoms with Crippen molar-refractivity contribution in [3.8, 4) is 0 Å². The number of rotatable bonds is 8. The van der Waals surface area contributed by atoms with Crippen LogP contribution < -0.4 is 16.0 Å². The fourth-order valence-electron chi connectivity index (χ4n) is 1.89. The summed E-state index contributed by atoms with van der Waals surface area (Å²) in [6, 6.07) is 7.31. The summed E-state index contributed by atoms with van der Waals surface area (Å²) in [5.41, 5.74) is 1.21. The Morgan fingerprint density at radius 1 is 0.957 bits per heavy atom. The van der Waals surface area contributed by atoms with E-state index in [2.05, 4.69) is 22.9 Å². The third-order valence-corrected chi connectivity index (χ3v) is 3.36. The standard InChI is InChI=1S/C18H29N3O2/c1-5-10-19-11-12-20-16(22)15-8-6-14(7-9-15)13-21-17(23)18(2,3)4/h6-9,19H,5,10-13H2,1-4H3,(H,20,22)(H,21,23). The summed E-state index contributed by atoms with van der Waals surface area (Å²) in [7, 11) is 0. The molecule has 3 N–H and O–H groups in total. The van der Waals surface area contributed by atoms with Gasteiger partial charge in [-0.3, -0.25) is 9.59 Å². The lowest BCUT2D eigenvalue weighted by molar-refractivity contribution is -0.128. The summed E-state index contributed by atoms with van der Waals surface area (Å²) in [5, 5.41) is 9.01. The summed E-state index contributed by atoms with van der Waals surface area (Å²) in [5.74, 6) is -0.0625. The van der Waals surface area contributed by atoms with Crippen molar-refractivity contribution in [3.05, 3.63) is 35.4 Å². The Labute approximate surface area is 139 Å². The molecule has 2 amide bonds. The Hall–Kier alpha value is -1.88. The normalized spacial score (nSPS) is 11.1. The summed E-state index contributed by atoms with van der Waals surface area (Å²) >= 11 is 0. The van der Waals surface area contributed by atoms with Crippen LogP contribution in [0, 0.1) is 5.41 Å². The molecule has 1 aromatic carbocycles. The van der Waals surface area contributed by atoms with Gasteiger partial charge in [0, 0.05) is 30.6 Å². The summed E-state index contributed by atoms with van der Waals surface area (Å²) in [4.78, 5) is 23.8. The second-order valence-corrected chi connectivity index (χ2v) is 6.64. The van der Waals surface area contributed by atoms with Crippen LogP contribution in [0.5, 0.6) is 0 Å². The van der Waals surface area contributed by atoms with Crippen molar-refractivity contribution in [1.82, 2.24) is 16.0 Å². The SMILES string of the molecule is CCCNCCNC(=O)c1ccc(CNC(=O)C(C)(C)C)cc1. The van der Waals surface area contributed by atoms with Crippen LogP contribution in [0.1, 0.15) is 50.0 Å². The van der Waals surface area contributed by atoms with Crippen molar-refractivity contribution in [3.63, 3.8) is 0 Å². The molecule has 0 aliphatic heterocycles. The maximum absolute atomic E-state index is 12.0. The van der Waals surface area contributed by atoms with E-state index < -0.39 is 5.41 Å². The molecule has 0 fully saturated rings. The minimum absolute atomic E-state index is 0.0129. The highest BCUT2D eigenvalue weighted by Crippen LogP contribution is 2.13. The predicted molar refractivity (Wildman–Crippen MR) is 93.2 cm³/mol. The maximum atomic E-state index is 12.0. The highest BCUT2D eigenvalue weighted by Gasteiger charge is 2.20. The summed E-state index contributed by atoms with van der Waals surface area (Å²) in [6.07, 6.45) is 1.08. The van der Waals surface area contributed by atoms with Crippen molar-refractivity contribution in [2.24, 2.45) is 5.41 Å². The minimum atomic E-state index is -0.397. The van der Waals surface area contributed by atoms with Gasteiger partial charge in [0.1, 0.15) is 0 Å². The topological polar surface area (TPSA) is 70.2 Å². The molecule has 0 saturated heterocycles. The van der Waals surface area contributed by atoms with Gasteiger partial charge in [0.15, 0.2) is 0 Å². The number of hydrogen-bond donors (Lipinski definition) is 3. The Balaban J connectivity index is 2.40. The number of carbonyl (C=O) groups excluding carboxylic acids is 2. The first-order chi connectivity index (χ1) is 10.8. The molecule has 0 aliphatic rings. The Kier molecular flexibility index (Phi) is 7.75. The molecule has 128 valence electrons. The molecule has 0 aromatic heterocycles. The average molecular weight is 319 g/mol. The fourth-order valence-corrected chi connectivity index (χ4v) is 1.89. The zero-order chi connectivity index (χ0) is 17.3. The Morgan fingerprint density at radius 3 is 2.17 bits per heavy atom. The molecule has 1 rings (SSSR count). The molecule has 0 atom stereocenters. The molecule has 1 aromatic rings. The van der Waals surface area contributed by atoms with Crippen molar-refractivity contribution in [1.29, 1.82) is 0 Å². The lowest BCUT2D eigenvalue weighted by Gasteiger charge is -2.17. The van der Waals surface area contributed by atoms with Gasteiger partial charge in [-0.2, -0.15) is 0 Å². The van der Waals surface area contributed by atoms with E-state index in [0.717, 1.165) is 25.1 Å². The highest BCUT2D eigenvalue weighted by atomic mass is 16.2. The van der Waals surface area contributed by atoms with E-state index in [0.29, 0.717) is 18.7 Å². The zero-order valence-corrected chi connectivity index (χ0v) is 14.7. The summed E-state index contributed by atoms with van der Waals surface area (Å²) in [6.45, 7) is 10.6. The molecule has 5 heteroatoms. The van der Waals surface area contributed by atoms with Crippen molar-refractivity contribution >= 4 is 11.8 Å². The van der Waals surface area contributed by atoms with Crippen LogP contribution in [0.25, 0.3) is 0 Å². The van der Waals surface area contributed by atoms with Crippen LogP contribution in [0.15, 0.2) is 24.3 Å². The van der Waals surface area contributed by atoms with Gasteiger partial charge in [0.05, 0.1) is 0 Å². The van der Waals surface area contributed by atoms with Gasteiger partial charge in [0.2, 0.25) is 5.91 Å². The number of amides is 2. The van der Waals surface area contributed by atoms with Gasteiger partial charge < -0.3 is 16.0 Å². The van der Waals surface area contributed by atoms with Crippen LogP contribution in [0.3, 0.4) is 0 Å². The van der Waals surface area contributed by atoms with Gasteiger partial charge in [-0.25, -0.2) is 0 Å². The van der Waals surface area contributed by atoms with E-state index in [9.17, 15) is 9.59 Å². The largest absolute Gasteiger partial charge is 0.352 e. The molecular weight excluding hydrogens is 290 g/mol. The second-order valence-electron chi connectivity index (χ2n) is 6.64. The van der Waals surface area contributed by atoms with Crippen LogP contribution in [0.2, 0.25) is 0 Å². The zero-order valence-electron chi connectivity index (χ0n) is 14.7. The van der Waals surface area contributed by atoms with Crippen LogP contribution in [-0.2, 0) is 11.3 Å². The first-order valence-electron chi connectivity index (χ1n) is 8.20. The molecule has 0 spiro atoms. The van der Waals surface area contributed by atoms with E-state index >= 15 is 0 Å². The Morgan fingerprint density at radius 2 is 1.61 bits per heavy atom. The van der Waals surface area contributed by atoms with Gasteiger partial charge >= 0.3 is 0 Å². The molecule has 23 heavy (non-hydrogen) atoms. The molecule has 5 nitrogen and oxygen atoms in total. The van der Waals surface area contributed by atoms with Crippen molar-refractivity contribution in [2.75, 3.05) is 19.6 Å². The number of hydrogen-bond acceptors (Lipinski definition) is 3. The average Bonchev–Trinajstić information content (AvgIpc) is 2.51. The van der Waals surface area contributed by atoms with Gasteiger partial charge in [-0.05, 0) is 30.7 Å². The van der Waals surface area contributed by atoms with E-state index in [1.54, 1.807) is 12.1 Å². The van der Waals surface area contributed by atoms with Crippen molar-refractivity contribution < 1.29 is 9.59 Å². The van der Waals surface area contributed by atoms with Gasteiger partial charge in [-0.15, -0.1) is 0 Å². The monoisotopic (exact) mass is 319 g/mol. The van der Waals surface area contributed by atoms with E-state index in [1.807, 2.05) is 32.9 Å². The quantitative estimate of drug-likeness (QED) is 0.643. The third kappa shape index (κ3) is 7.28. The third-order valence-electron chi connectivity index (χ3n) is 3.36. The maximum Gasteiger partial charge on any atom is 0.251 e.